The normalized spacial score (nSPS) is 14.4. The van der Waals surface area contributed by atoms with E-state index < -0.39 is 0 Å². The molecule has 20 heavy (non-hydrogen) atoms. The Labute approximate surface area is 118 Å². The zero-order valence-corrected chi connectivity index (χ0v) is 11.9. The lowest BCUT2D eigenvalue weighted by molar-refractivity contribution is 0.131. The molecule has 2 rings (SSSR count). The topological polar surface area (TPSA) is 75.8 Å². The highest BCUT2D eigenvalue weighted by Gasteiger charge is 2.22. The number of anilines is 1. The van der Waals surface area contributed by atoms with Crippen LogP contribution in [0.1, 0.15) is 23.6 Å². The second kappa shape index (κ2) is 5.45. The number of nitrogen functional groups attached to an aromatic ring is 1. The maximum atomic E-state index is 11.9. The average Bonchev–Trinajstić information content (AvgIpc) is 2.58. The summed E-state index contributed by atoms with van der Waals surface area (Å²) in [7, 11) is 0. The molecule has 1 heterocycles. The van der Waals surface area contributed by atoms with Crippen LogP contribution in [0.15, 0.2) is 18.4 Å². The molecule has 5 heteroatoms. The Morgan fingerprint density at radius 3 is 2.75 bits per heavy atom. The Kier molecular flexibility index (Phi) is 3.88. The van der Waals surface area contributed by atoms with Crippen molar-refractivity contribution >= 4 is 11.8 Å². The number of nitrogens with two attached hydrogens (primary N) is 1. The Bertz CT molecular complexity index is 567. The van der Waals surface area contributed by atoms with Crippen LogP contribution < -0.4 is 5.73 Å². The van der Waals surface area contributed by atoms with Gasteiger partial charge in [-0.15, -0.1) is 0 Å². The number of rotatable bonds is 1. The van der Waals surface area contributed by atoms with Crippen molar-refractivity contribution in [2.45, 2.75) is 26.7 Å². The summed E-state index contributed by atoms with van der Waals surface area (Å²) in [5.74, 6) is 0.525. The maximum Gasteiger partial charge on any atom is 0.414 e. The molecule has 1 aliphatic rings. The molecule has 5 nitrogen and oxygen atoms in total. The Balaban J connectivity index is 2.21. The molecule has 0 fully saturated rings. The summed E-state index contributed by atoms with van der Waals surface area (Å²) in [6.45, 7) is 8.20. The minimum Gasteiger partial charge on any atom is -0.506 e. The van der Waals surface area contributed by atoms with Crippen LogP contribution in [0.3, 0.4) is 0 Å². The van der Waals surface area contributed by atoms with E-state index in [1.165, 1.54) is 0 Å². The average molecular weight is 276 g/mol. The van der Waals surface area contributed by atoms with Crippen LogP contribution in [0.25, 0.3) is 0 Å². The van der Waals surface area contributed by atoms with Crippen molar-refractivity contribution in [1.29, 1.82) is 0 Å². The van der Waals surface area contributed by atoms with Gasteiger partial charge in [0, 0.05) is 13.1 Å². The fourth-order valence-corrected chi connectivity index (χ4v) is 2.52. The third-order valence-corrected chi connectivity index (χ3v) is 3.60. The Morgan fingerprint density at radius 2 is 2.10 bits per heavy atom. The molecular formula is C15H20N2O3. The van der Waals surface area contributed by atoms with E-state index in [1.807, 2.05) is 6.92 Å². The number of phenolic OH excluding ortho intramolecular Hbond substituents is 1. The number of aromatic hydroxyl groups is 1. The highest BCUT2D eigenvalue weighted by Crippen LogP contribution is 2.32. The van der Waals surface area contributed by atoms with Gasteiger partial charge in [0.05, 0.1) is 11.4 Å². The standard InChI is InChI=1S/C15H20N2O3/c1-9(2)20-15(19)17-6-4-11-8-13(16)14(18)10(3)12(11)5-7-17/h8,18H,1,4-7,16H2,2-3H3. The molecule has 0 bridgehead atoms. The third kappa shape index (κ3) is 2.71. The van der Waals surface area contributed by atoms with Crippen LogP contribution >= 0.6 is 0 Å². The Hall–Kier alpha value is -2.17. The summed E-state index contributed by atoms with van der Waals surface area (Å²) in [4.78, 5) is 13.6. The molecule has 0 saturated heterocycles. The highest BCUT2D eigenvalue weighted by molar-refractivity contribution is 5.69. The van der Waals surface area contributed by atoms with Crippen molar-refractivity contribution in [3.05, 3.63) is 35.1 Å². The van der Waals surface area contributed by atoms with Crippen molar-refractivity contribution in [1.82, 2.24) is 4.90 Å². The molecule has 108 valence electrons. The minimum absolute atomic E-state index is 0.140. The predicted octanol–water partition coefficient (Wildman–Crippen LogP) is 2.35. The number of ether oxygens (including phenoxy) is 1. The number of nitrogens with zero attached hydrogens (tertiary/aromatic N) is 1. The molecule has 0 atom stereocenters. The van der Waals surface area contributed by atoms with Crippen molar-refractivity contribution in [2.24, 2.45) is 0 Å². The monoisotopic (exact) mass is 276 g/mol. The molecule has 1 aromatic carbocycles. The fourth-order valence-electron chi connectivity index (χ4n) is 2.52. The number of carbonyl (C=O) groups is 1. The van der Waals surface area contributed by atoms with Gasteiger partial charge in [-0.05, 0) is 49.4 Å². The number of hydrogen-bond donors (Lipinski definition) is 2. The van der Waals surface area contributed by atoms with E-state index in [0.29, 0.717) is 37.4 Å². The number of carbonyl (C=O) groups excluding carboxylic acids is 1. The fraction of sp³-hybridized carbons (Fsp3) is 0.400. The lowest BCUT2D eigenvalue weighted by Gasteiger charge is -2.19. The molecule has 0 unspecified atom stereocenters. The molecule has 0 radical (unpaired) electrons. The van der Waals surface area contributed by atoms with Crippen LogP contribution in [0.4, 0.5) is 10.5 Å². The van der Waals surface area contributed by atoms with Gasteiger partial charge in [0.2, 0.25) is 0 Å². The van der Waals surface area contributed by atoms with Gasteiger partial charge >= 0.3 is 6.09 Å². The number of benzene rings is 1. The molecular weight excluding hydrogens is 256 g/mol. The predicted molar refractivity (Wildman–Crippen MR) is 77.5 cm³/mol. The summed E-state index contributed by atoms with van der Waals surface area (Å²) in [5.41, 5.74) is 9.14. The quantitative estimate of drug-likeness (QED) is 0.469. The molecule has 1 aromatic rings. The number of allylic oxidation sites excluding steroid dienone is 1. The summed E-state index contributed by atoms with van der Waals surface area (Å²) in [6, 6.07) is 1.80. The number of hydrogen-bond acceptors (Lipinski definition) is 4. The summed E-state index contributed by atoms with van der Waals surface area (Å²) < 4.78 is 5.04. The molecule has 0 saturated carbocycles. The van der Waals surface area contributed by atoms with Gasteiger partial charge in [0.1, 0.15) is 5.75 Å². The summed E-state index contributed by atoms with van der Waals surface area (Å²) in [6.07, 6.45) is 1.01. The van der Waals surface area contributed by atoms with Crippen LogP contribution in [0, 0.1) is 6.92 Å². The van der Waals surface area contributed by atoms with Crippen LogP contribution in [-0.4, -0.2) is 29.2 Å². The molecule has 3 N–H and O–H groups in total. The van der Waals surface area contributed by atoms with E-state index >= 15 is 0 Å². The SMILES string of the molecule is C=C(C)OC(=O)N1CCc2cc(N)c(O)c(C)c2CC1. The van der Waals surface area contributed by atoms with E-state index in [-0.39, 0.29) is 11.8 Å². The first kappa shape index (κ1) is 14.2. The first-order chi connectivity index (χ1) is 9.40. The number of amides is 1. The van der Waals surface area contributed by atoms with Gasteiger partial charge in [-0.2, -0.15) is 0 Å². The zero-order valence-electron chi connectivity index (χ0n) is 11.9. The van der Waals surface area contributed by atoms with Gasteiger partial charge in [-0.25, -0.2) is 4.79 Å². The molecule has 1 amide bonds. The van der Waals surface area contributed by atoms with E-state index in [4.69, 9.17) is 10.5 Å². The third-order valence-electron chi connectivity index (χ3n) is 3.60. The molecule has 0 aliphatic carbocycles. The lowest BCUT2D eigenvalue weighted by Crippen LogP contribution is -2.33. The van der Waals surface area contributed by atoms with E-state index in [2.05, 4.69) is 6.58 Å². The van der Waals surface area contributed by atoms with Gasteiger partial charge < -0.3 is 20.5 Å². The molecule has 0 aromatic heterocycles. The minimum atomic E-state index is -0.375. The number of fused-ring (bicyclic) bond motifs is 1. The van der Waals surface area contributed by atoms with Crippen molar-refractivity contribution in [3.8, 4) is 5.75 Å². The second-order valence-corrected chi connectivity index (χ2v) is 5.13. The van der Waals surface area contributed by atoms with Crippen molar-refractivity contribution in [2.75, 3.05) is 18.8 Å². The van der Waals surface area contributed by atoms with E-state index in [1.54, 1.807) is 17.9 Å². The zero-order chi connectivity index (χ0) is 14.9. The van der Waals surface area contributed by atoms with Gasteiger partial charge in [-0.1, -0.05) is 6.58 Å². The van der Waals surface area contributed by atoms with Gasteiger partial charge in [0.25, 0.3) is 0 Å². The first-order valence-electron chi connectivity index (χ1n) is 6.62. The van der Waals surface area contributed by atoms with Crippen LogP contribution in [0.5, 0.6) is 5.75 Å². The lowest BCUT2D eigenvalue weighted by atomic mass is 9.96. The largest absolute Gasteiger partial charge is 0.506 e. The summed E-state index contributed by atoms with van der Waals surface area (Å²) >= 11 is 0. The number of phenols is 1. The highest BCUT2D eigenvalue weighted by atomic mass is 16.6. The van der Waals surface area contributed by atoms with Crippen molar-refractivity contribution in [3.63, 3.8) is 0 Å². The summed E-state index contributed by atoms with van der Waals surface area (Å²) in [5, 5.41) is 9.91. The van der Waals surface area contributed by atoms with Gasteiger partial charge in [-0.3, -0.25) is 0 Å². The van der Waals surface area contributed by atoms with Gasteiger partial charge in [0.15, 0.2) is 0 Å². The van der Waals surface area contributed by atoms with Crippen LogP contribution in [0.2, 0.25) is 0 Å². The Morgan fingerprint density at radius 1 is 1.45 bits per heavy atom. The molecule has 0 spiro atoms. The first-order valence-corrected chi connectivity index (χ1v) is 6.62. The molecule has 1 aliphatic heterocycles. The van der Waals surface area contributed by atoms with E-state index in [0.717, 1.165) is 16.7 Å². The maximum absolute atomic E-state index is 11.9. The smallest absolute Gasteiger partial charge is 0.414 e. The van der Waals surface area contributed by atoms with Crippen LogP contribution in [-0.2, 0) is 17.6 Å². The van der Waals surface area contributed by atoms with Crippen molar-refractivity contribution < 1.29 is 14.6 Å². The second-order valence-electron chi connectivity index (χ2n) is 5.13. The van der Waals surface area contributed by atoms with E-state index in [9.17, 15) is 9.90 Å².